The third-order valence-corrected chi connectivity index (χ3v) is 4.65. The molecule has 0 spiro atoms. The quantitative estimate of drug-likeness (QED) is 0.752. The molecule has 0 bridgehead atoms. The minimum absolute atomic E-state index is 0.324. The van der Waals surface area contributed by atoms with E-state index in [-0.39, 0.29) is 5.97 Å². The molecule has 4 nitrogen and oxygen atoms in total. The average Bonchev–Trinajstić information content (AvgIpc) is 2.43. The fourth-order valence-electron chi connectivity index (χ4n) is 2.92. The summed E-state index contributed by atoms with van der Waals surface area (Å²) in [6.45, 7) is 4.88. The summed E-state index contributed by atoms with van der Waals surface area (Å²) in [4.78, 5) is 13.9. The molecule has 1 atom stereocenters. The number of nitrogens with zero attached hydrogens (tertiary/aromatic N) is 1. The van der Waals surface area contributed by atoms with E-state index in [1.807, 2.05) is 0 Å². The van der Waals surface area contributed by atoms with E-state index in [4.69, 9.17) is 10.5 Å². The third kappa shape index (κ3) is 4.77. The van der Waals surface area contributed by atoms with Crippen LogP contribution in [0.4, 0.5) is 0 Å². The Kier molecular flexibility index (Phi) is 6.27. The lowest BCUT2D eigenvalue weighted by Gasteiger charge is -2.35. The minimum Gasteiger partial charge on any atom is -0.468 e. The van der Waals surface area contributed by atoms with Crippen LogP contribution in [0.3, 0.4) is 0 Å². The van der Waals surface area contributed by atoms with Crippen LogP contribution in [-0.2, 0) is 9.53 Å². The van der Waals surface area contributed by atoms with Gasteiger partial charge in [-0.2, -0.15) is 0 Å². The SMILES string of the molecule is CCC1CCC(N(C)CCC(C)(N)C(=O)OC)CC1. The van der Waals surface area contributed by atoms with Gasteiger partial charge in [0, 0.05) is 12.6 Å². The molecule has 1 fully saturated rings. The van der Waals surface area contributed by atoms with Crippen molar-refractivity contribution in [2.75, 3.05) is 20.7 Å². The van der Waals surface area contributed by atoms with Gasteiger partial charge in [0.15, 0.2) is 0 Å². The minimum atomic E-state index is -0.871. The third-order valence-electron chi connectivity index (χ3n) is 4.65. The zero-order chi connectivity index (χ0) is 14.5. The molecule has 112 valence electrons. The van der Waals surface area contributed by atoms with Gasteiger partial charge >= 0.3 is 5.97 Å². The second kappa shape index (κ2) is 7.25. The predicted molar refractivity (Wildman–Crippen MR) is 77.9 cm³/mol. The van der Waals surface area contributed by atoms with Crippen LogP contribution in [0.1, 0.15) is 52.4 Å². The summed E-state index contributed by atoms with van der Waals surface area (Å²) in [5, 5.41) is 0. The molecular weight excluding hydrogens is 240 g/mol. The van der Waals surface area contributed by atoms with E-state index in [2.05, 4.69) is 18.9 Å². The van der Waals surface area contributed by atoms with Gasteiger partial charge in [-0.1, -0.05) is 13.3 Å². The Hall–Kier alpha value is -0.610. The monoisotopic (exact) mass is 270 g/mol. The number of hydrogen-bond donors (Lipinski definition) is 1. The van der Waals surface area contributed by atoms with Crippen molar-refractivity contribution < 1.29 is 9.53 Å². The van der Waals surface area contributed by atoms with E-state index in [0.29, 0.717) is 12.5 Å². The summed E-state index contributed by atoms with van der Waals surface area (Å²) >= 11 is 0. The van der Waals surface area contributed by atoms with E-state index in [1.165, 1.54) is 39.2 Å². The fourth-order valence-corrected chi connectivity index (χ4v) is 2.92. The van der Waals surface area contributed by atoms with Gasteiger partial charge in [-0.3, -0.25) is 4.79 Å². The summed E-state index contributed by atoms with van der Waals surface area (Å²) < 4.78 is 4.74. The van der Waals surface area contributed by atoms with E-state index in [0.717, 1.165) is 12.5 Å². The first-order valence-electron chi connectivity index (χ1n) is 7.48. The van der Waals surface area contributed by atoms with Gasteiger partial charge in [0.25, 0.3) is 0 Å². The molecule has 0 aromatic heterocycles. The number of esters is 1. The molecule has 2 N–H and O–H groups in total. The number of nitrogens with two attached hydrogens (primary N) is 1. The molecule has 1 saturated carbocycles. The van der Waals surface area contributed by atoms with Gasteiger partial charge in [0.2, 0.25) is 0 Å². The first kappa shape index (κ1) is 16.4. The molecule has 1 aliphatic carbocycles. The Labute approximate surface area is 117 Å². The molecule has 0 aromatic carbocycles. The summed E-state index contributed by atoms with van der Waals surface area (Å²) in [6.07, 6.45) is 7.16. The van der Waals surface area contributed by atoms with E-state index < -0.39 is 5.54 Å². The van der Waals surface area contributed by atoms with Crippen LogP contribution in [0.25, 0.3) is 0 Å². The van der Waals surface area contributed by atoms with Crippen molar-refractivity contribution >= 4 is 5.97 Å². The second-order valence-electron chi connectivity index (χ2n) is 6.22. The second-order valence-corrected chi connectivity index (χ2v) is 6.22. The van der Waals surface area contributed by atoms with E-state index in [1.54, 1.807) is 6.92 Å². The average molecular weight is 270 g/mol. The molecule has 1 aliphatic rings. The Morgan fingerprint density at radius 2 is 1.95 bits per heavy atom. The van der Waals surface area contributed by atoms with Crippen LogP contribution < -0.4 is 5.73 Å². The molecule has 0 aliphatic heterocycles. The molecule has 0 saturated heterocycles. The number of carbonyl (C=O) groups is 1. The van der Waals surface area contributed by atoms with Crippen molar-refractivity contribution in [1.82, 2.24) is 4.90 Å². The van der Waals surface area contributed by atoms with Crippen LogP contribution >= 0.6 is 0 Å². The molecular formula is C15H30N2O2. The van der Waals surface area contributed by atoms with Crippen molar-refractivity contribution in [3.05, 3.63) is 0 Å². The highest BCUT2D eigenvalue weighted by Gasteiger charge is 2.31. The summed E-state index contributed by atoms with van der Waals surface area (Å²) in [7, 11) is 3.54. The Morgan fingerprint density at radius 1 is 1.37 bits per heavy atom. The zero-order valence-corrected chi connectivity index (χ0v) is 12.9. The standard InChI is InChI=1S/C15H30N2O2/c1-5-12-6-8-13(9-7-12)17(3)11-10-15(2,16)14(18)19-4/h12-13H,5-11,16H2,1-4H3. The first-order chi connectivity index (χ1) is 8.90. The van der Waals surface area contributed by atoms with Crippen LogP contribution in [-0.4, -0.2) is 43.2 Å². The van der Waals surface area contributed by atoms with Crippen molar-refractivity contribution in [2.24, 2.45) is 11.7 Å². The van der Waals surface area contributed by atoms with Crippen molar-refractivity contribution in [2.45, 2.75) is 64.0 Å². The van der Waals surface area contributed by atoms with Crippen LogP contribution in [0.15, 0.2) is 0 Å². The lowest BCUT2D eigenvalue weighted by molar-refractivity contribution is -0.146. The normalized spacial score (nSPS) is 27.1. The van der Waals surface area contributed by atoms with Gasteiger partial charge in [0.05, 0.1) is 7.11 Å². The fraction of sp³-hybridized carbons (Fsp3) is 0.933. The van der Waals surface area contributed by atoms with Crippen molar-refractivity contribution in [3.8, 4) is 0 Å². The number of rotatable bonds is 6. The van der Waals surface area contributed by atoms with E-state index >= 15 is 0 Å². The number of carbonyl (C=O) groups excluding carboxylic acids is 1. The molecule has 0 heterocycles. The van der Waals surface area contributed by atoms with Gasteiger partial charge < -0.3 is 15.4 Å². The molecule has 0 radical (unpaired) electrons. The van der Waals surface area contributed by atoms with Crippen LogP contribution in [0.5, 0.6) is 0 Å². The lowest BCUT2D eigenvalue weighted by atomic mass is 9.84. The van der Waals surface area contributed by atoms with Gasteiger partial charge in [-0.05, 0) is 52.0 Å². The molecule has 1 unspecified atom stereocenters. The Balaban J connectivity index is 2.35. The number of ether oxygens (including phenoxy) is 1. The van der Waals surface area contributed by atoms with Crippen molar-refractivity contribution in [1.29, 1.82) is 0 Å². The summed E-state index contributed by atoms with van der Waals surface area (Å²) in [5.74, 6) is 0.593. The maximum absolute atomic E-state index is 11.5. The number of methoxy groups -OCH3 is 1. The maximum Gasteiger partial charge on any atom is 0.325 e. The highest BCUT2D eigenvalue weighted by atomic mass is 16.5. The van der Waals surface area contributed by atoms with Gasteiger partial charge in [-0.25, -0.2) is 0 Å². The molecule has 4 heteroatoms. The smallest absolute Gasteiger partial charge is 0.325 e. The van der Waals surface area contributed by atoms with Crippen molar-refractivity contribution in [3.63, 3.8) is 0 Å². The number of hydrogen-bond acceptors (Lipinski definition) is 4. The largest absolute Gasteiger partial charge is 0.468 e. The van der Waals surface area contributed by atoms with Crippen LogP contribution in [0, 0.1) is 5.92 Å². The Morgan fingerprint density at radius 3 is 2.42 bits per heavy atom. The lowest BCUT2D eigenvalue weighted by Crippen LogP contribution is -2.49. The topological polar surface area (TPSA) is 55.6 Å². The highest BCUT2D eigenvalue weighted by molar-refractivity contribution is 5.79. The molecule has 19 heavy (non-hydrogen) atoms. The van der Waals surface area contributed by atoms with Gasteiger partial charge in [0.1, 0.15) is 5.54 Å². The first-order valence-corrected chi connectivity index (χ1v) is 7.48. The Bertz CT molecular complexity index is 284. The van der Waals surface area contributed by atoms with Gasteiger partial charge in [-0.15, -0.1) is 0 Å². The molecule has 0 aromatic rings. The van der Waals surface area contributed by atoms with E-state index in [9.17, 15) is 4.79 Å². The highest BCUT2D eigenvalue weighted by Crippen LogP contribution is 2.29. The molecule has 0 amide bonds. The maximum atomic E-state index is 11.5. The predicted octanol–water partition coefficient (Wildman–Crippen LogP) is 2.17. The van der Waals surface area contributed by atoms with Crippen LogP contribution in [0.2, 0.25) is 0 Å². The summed E-state index contributed by atoms with van der Waals surface area (Å²) in [5.41, 5.74) is 5.12. The summed E-state index contributed by atoms with van der Waals surface area (Å²) in [6, 6.07) is 0.649. The zero-order valence-electron chi connectivity index (χ0n) is 12.9. The molecule has 1 rings (SSSR count).